The maximum atomic E-state index is 5.86. The molecule has 0 aliphatic rings. The lowest BCUT2D eigenvalue weighted by Gasteiger charge is -2.04. The lowest BCUT2D eigenvalue weighted by Crippen LogP contribution is -2.28. The Morgan fingerprint density at radius 1 is 1.50 bits per heavy atom. The summed E-state index contributed by atoms with van der Waals surface area (Å²) in [5, 5.41) is 6.68. The molecule has 0 saturated heterocycles. The summed E-state index contributed by atoms with van der Waals surface area (Å²) >= 11 is 5.86. The fraction of sp³-hybridized carbons (Fsp3) is 0.500. The minimum Gasteiger partial charge on any atom is -0.368 e. The van der Waals surface area contributed by atoms with Crippen molar-refractivity contribution >= 4 is 28.5 Å². The zero-order chi connectivity index (χ0) is 11.5. The molecule has 0 bridgehead atoms. The number of H-pyrrole nitrogens is 1. The summed E-state index contributed by atoms with van der Waals surface area (Å²) in [5.74, 6) is 0.768. The van der Waals surface area contributed by atoms with E-state index in [1.54, 1.807) is 0 Å². The van der Waals surface area contributed by atoms with Crippen molar-refractivity contribution in [2.75, 3.05) is 11.9 Å². The smallest absolute Gasteiger partial charge is 0.225 e. The van der Waals surface area contributed by atoms with Gasteiger partial charge in [0.1, 0.15) is 0 Å². The van der Waals surface area contributed by atoms with Gasteiger partial charge < -0.3 is 5.32 Å². The second kappa shape index (κ2) is 4.65. The molecule has 2 N–H and O–H groups in total. The second-order valence-corrected chi connectivity index (χ2v) is 4.07. The third kappa shape index (κ3) is 2.24. The number of halogens is 1. The van der Waals surface area contributed by atoms with Crippen molar-refractivity contribution in [1.29, 1.82) is 0 Å². The molecule has 5 nitrogen and oxygen atoms in total. The Labute approximate surface area is 98.8 Å². The summed E-state index contributed by atoms with van der Waals surface area (Å²) in [7, 11) is 1.91. The monoisotopic (exact) mass is 240 g/mol. The molecule has 0 unspecified atom stereocenters. The molecule has 0 spiro atoms. The largest absolute Gasteiger partial charge is 0.368 e. The van der Waals surface area contributed by atoms with Crippen LogP contribution in [-0.2, 0) is 7.05 Å². The van der Waals surface area contributed by atoms with Gasteiger partial charge >= 0.3 is 0 Å². The number of aromatic amines is 1. The van der Waals surface area contributed by atoms with Crippen molar-refractivity contribution in [2.45, 2.75) is 19.8 Å². The minimum atomic E-state index is 0.270. The maximum Gasteiger partial charge on any atom is 0.225 e. The van der Waals surface area contributed by atoms with Gasteiger partial charge in [0, 0.05) is 6.54 Å². The molecule has 0 aromatic carbocycles. The molecule has 86 valence electrons. The molecule has 16 heavy (non-hydrogen) atoms. The number of aromatic nitrogens is 4. The molecular weight excluding hydrogens is 226 g/mol. The van der Waals surface area contributed by atoms with E-state index in [1.165, 1.54) is 0 Å². The van der Waals surface area contributed by atoms with E-state index in [1.807, 2.05) is 17.9 Å². The molecule has 2 aromatic heterocycles. The van der Waals surface area contributed by atoms with Crippen LogP contribution in [0.5, 0.6) is 0 Å². The van der Waals surface area contributed by atoms with Crippen LogP contribution in [0.15, 0.2) is 6.20 Å². The molecule has 0 atom stereocenters. The van der Waals surface area contributed by atoms with Gasteiger partial charge in [-0.1, -0.05) is 13.3 Å². The Morgan fingerprint density at radius 3 is 3.06 bits per heavy atom. The molecule has 0 fully saturated rings. The zero-order valence-corrected chi connectivity index (χ0v) is 10.2. The van der Waals surface area contributed by atoms with Crippen molar-refractivity contribution in [1.82, 2.24) is 15.1 Å². The summed E-state index contributed by atoms with van der Waals surface area (Å²) < 4.78 is 1.83. The van der Waals surface area contributed by atoms with Gasteiger partial charge in [-0.05, 0) is 18.0 Å². The van der Waals surface area contributed by atoms with Gasteiger partial charge in [-0.25, -0.2) is 4.98 Å². The van der Waals surface area contributed by atoms with Crippen LogP contribution in [0.2, 0.25) is 5.28 Å². The van der Waals surface area contributed by atoms with Crippen molar-refractivity contribution < 1.29 is 4.68 Å². The van der Waals surface area contributed by atoms with Crippen LogP contribution >= 0.6 is 11.6 Å². The molecular formula is C10H15ClN5+. The fourth-order valence-electron chi connectivity index (χ4n) is 1.56. The van der Waals surface area contributed by atoms with Crippen molar-refractivity contribution in [3.8, 4) is 0 Å². The van der Waals surface area contributed by atoms with E-state index in [9.17, 15) is 0 Å². The van der Waals surface area contributed by atoms with Crippen LogP contribution in [0.25, 0.3) is 11.0 Å². The Balaban J connectivity index is 2.34. The summed E-state index contributed by atoms with van der Waals surface area (Å²) in [6.07, 6.45) is 4.14. The van der Waals surface area contributed by atoms with Crippen LogP contribution in [0.3, 0.4) is 0 Å². The number of hydrogen-bond acceptors (Lipinski definition) is 3. The van der Waals surface area contributed by atoms with Gasteiger partial charge in [0.25, 0.3) is 0 Å². The SMILES string of the molecule is CCCCNc1nc(Cl)nc2c[n+](C)[nH]c12. The zero-order valence-electron chi connectivity index (χ0n) is 9.42. The number of fused-ring (bicyclic) bond motifs is 1. The highest BCUT2D eigenvalue weighted by Crippen LogP contribution is 2.18. The lowest BCUT2D eigenvalue weighted by molar-refractivity contribution is -0.724. The van der Waals surface area contributed by atoms with E-state index >= 15 is 0 Å². The second-order valence-electron chi connectivity index (χ2n) is 3.73. The van der Waals surface area contributed by atoms with Gasteiger partial charge in [-0.3, -0.25) is 0 Å². The number of nitrogens with one attached hydrogen (secondary N) is 2. The molecule has 2 rings (SSSR count). The van der Waals surface area contributed by atoms with E-state index in [4.69, 9.17) is 11.6 Å². The van der Waals surface area contributed by atoms with Gasteiger partial charge in [-0.2, -0.15) is 10.1 Å². The van der Waals surface area contributed by atoms with E-state index in [0.29, 0.717) is 0 Å². The van der Waals surface area contributed by atoms with E-state index < -0.39 is 0 Å². The molecule has 0 amide bonds. The summed E-state index contributed by atoms with van der Waals surface area (Å²) in [4.78, 5) is 8.33. The molecule has 6 heteroatoms. The van der Waals surface area contributed by atoms with Crippen LogP contribution in [-0.4, -0.2) is 21.6 Å². The van der Waals surface area contributed by atoms with Gasteiger partial charge in [0.2, 0.25) is 11.5 Å². The molecule has 0 saturated carbocycles. The van der Waals surface area contributed by atoms with Gasteiger partial charge in [0.05, 0.1) is 0 Å². The number of nitrogens with zero attached hydrogens (tertiary/aromatic N) is 3. The Bertz CT molecular complexity index is 493. The molecule has 0 radical (unpaired) electrons. The normalized spacial score (nSPS) is 10.9. The van der Waals surface area contributed by atoms with E-state index in [2.05, 4.69) is 27.3 Å². The molecule has 2 aromatic rings. The molecule has 0 aliphatic carbocycles. The fourth-order valence-corrected chi connectivity index (χ4v) is 1.73. The van der Waals surface area contributed by atoms with Crippen LogP contribution in [0, 0.1) is 0 Å². The number of anilines is 1. The molecule has 2 heterocycles. The average Bonchev–Trinajstić information content (AvgIpc) is 2.58. The summed E-state index contributed by atoms with van der Waals surface area (Å²) in [5.41, 5.74) is 1.71. The van der Waals surface area contributed by atoms with E-state index in [0.717, 1.165) is 36.2 Å². The summed E-state index contributed by atoms with van der Waals surface area (Å²) in [6, 6.07) is 0. The van der Waals surface area contributed by atoms with Crippen LogP contribution in [0.1, 0.15) is 19.8 Å². The van der Waals surface area contributed by atoms with Crippen LogP contribution in [0.4, 0.5) is 5.82 Å². The number of rotatable bonds is 4. The highest BCUT2D eigenvalue weighted by molar-refractivity contribution is 6.28. The first-order chi connectivity index (χ1) is 7.70. The lowest BCUT2D eigenvalue weighted by atomic mass is 10.3. The predicted octanol–water partition coefficient (Wildman–Crippen LogP) is 1.65. The third-order valence-electron chi connectivity index (χ3n) is 2.34. The Kier molecular flexibility index (Phi) is 3.24. The van der Waals surface area contributed by atoms with Crippen molar-refractivity contribution in [3.63, 3.8) is 0 Å². The molecule has 0 aliphatic heterocycles. The van der Waals surface area contributed by atoms with Crippen molar-refractivity contribution in [2.24, 2.45) is 7.05 Å². The quantitative estimate of drug-likeness (QED) is 0.485. The van der Waals surface area contributed by atoms with Gasteiger partial charge in [0.15, 0.2) is 23.9 Å². The van der Waals surface area contributed by atoms with Crippen molar-refractivity contribution in [3.05, 3.63) is 11.5 Å². The standard InChI is InChI=1S/C10H14ClN5/c1-3-4-5-12-9-8-7(6-16(2)15-8)13-10(11)14-9/h6H,3-5H2,1-2H3,(H,12,13,14)/p+1. The van der Waals surface area contributed by atoms with Crippen LogP contribution < -0.4 is 10.00 Å². The number of hydrogen-bond donors (Lipinski definition) is 2. The Hall–Kier alpha value is -1.36. The average molecular weight is 241 g/mol. The highest BCUT2D eigenvalue weighted by Gasteiger charge is 2.12. The van der Waals surface area contributed by atoms with Gasteiger partial charge in [-0.15, -0.1) is 4.68 Å². The third-order valence-corrected chi connectivity index (χ3v) is 2.51. The minimum absolute atomic E-state index is 0.270. The maximum absolute atomic E-state index is 5.86. The first kappa shape index (κ1) is 11.1. The topological polar surface area (TPSA) is 57.5 Å². The van der Waals surface area contributed by atoms with E-state index in [-0.39, 0.29) is 5.28 Å². The first-order valence-electron chi connectivity index (χ1n) is 5.36. The number of aryl methyl sites for hydroxylation is 1. The number of unbranched alkanes of at least 4 members (excludes halogenated alkanes) is 1. The summed E-state index contributed by atoms with van der Waals surface area (Å²) in [6.45, 7) is 3.04. The first-order valence-corrected chi connectivity index (χ1v) is 5.74. The highest BCUT2D eigenvalue weighted by atomic mass is 35.5. The Morgan fingerprint density at radius 2 is 2.31 bits per heavy atom. The predicted molar refractivity (Wildman–Crippen MR) is 63.5 cm³/mol.